The molecule has 2 aliphatic heterocycles. The number of carbonyl (C=O) groups is 1. The Morgan fingerprint density at radius 1 is 1.09 bits per heavy atom. The standard InChI is InChI=1S/C19H19Cl2F3N4O3S/c1-11-17(21)18(19(22,23)24)25-28(11)10-16(29)26-6-12-8-27(9-13(12)7-26)32(30,31)15-4-2-14(20)3-5-15/h2-5,12-13H,6-10H2,1H3. The maximum absolute atomic E-state index is 13.0. The number of rotatable bonds is 4. The Kier molecular flexibility index (Phi) is 5.98. The van der Waals surface area contributed by atoms with Crippen LogP contribution in [-0.4, -0.2) is 59.5 Å². The van der Waals surface area contributed by atoms with E-state index in [0.717, 1.165) is 4.68 Å². The van der Waals surface area contributed by atoms with Gasteiger partial charge >= 0.3 is 6.18 Å². The molecule has 1 amide bonds. The molecule has 13 heteroatoms. The second-order valence-corrected chi connectivity index (χ2v) is 10.8. The molecule has 0 saturated carbocycles. The number of hydrogen-bond acceptors (Lipinski definition) is 4. The number of fused-ring (bicyclic) bond motifs is 1. The molecule has 174 valence electrons. The number of alkyl halides is 3. The fourth-order valence-electron chi connectivity index (χ4n) is 4.19. The van der Waals surface area contributed by atoms with Crippen molar-refractivity contribution in [3.63, 3.8) is 0 Å². The topological polar surface area (TPSA) is 75.5 Å². The van der Waals surface area contributed by atoms with Crippen LogP contribution in [-0.2, 0) is 27.5 Å². The van der Waals surface area contributed by atoms with Gasteiger partial charge in [0.1, 0.15) is 6.54 Å². The van der Waals surface area contributed by atoms with Gasteiger partial charge in [0.15, 0.2) is 5.69 Å². The average molecular weight is 511 g/mol. The highest BCUT2D eigenvalue weighted by atomic mass is 35.5. The molecule has 4 rings (SSSR count). The molecule has 7 nitrogen and oxygen atoms in total. The minimum Gasteiger partial charge on any atom is -0.340 e. The quantitative estimate of drug-likeness (QED) is 0.632. The SMILES string of the molecule is Cc1c(Cl)c(C(F)(F)F)nn1CC(=O)N1CC2CN(S(=O)(=O)c3ccc(Cl)cc3)CC2C1. The Morgan fingerprint density at radius 3 is 2.16 bits per heavy atom. The summed E-state index contributed by atoms with van der Waals surface area (Å²) in [7, 11) is -3.67. The lowest BCUT2D eigenvalue weighted by atomic mass is 10.0. The number of likely N-dealkylation sites (tertiary alicyclic amines) is 1. The molecule has 0 radical (unpaired) electrons. The zero-order chi connectivity index (χ0) is 23.4. The van der Waals surface area contributed by atoms with Gasteiger partial charge in [-0.15, -0.1) is 0 Å². The lowest BCUT2D eigenvalue weighted by molar-refractivity contribution is -0.142. The second kappa shape index (κ2) is 8.19. The van der Waals surface area contributed by atoms with Crippen molar-refractivity contribution in [1.82, 2.24) is 19.0 Å². The van der Waals surface area contributed by atoms with Crippen molar-refractivity contribution >= 4 is 39.1 Å². The molecule has 1 aromatic heterocycles. The fourth-order valence-corrected chi connectivity index (χ4v) is 6.12. The highest BCUT2D eigenvalue weighted by molar-refractivity contribution is 7.89. The maximum atomic E-state index is 13.0. The average Bonchev–Trinajstić information content (AvgIpc) is 3.36. The summed E-state index contributed by atoms with van der Waals surface area (Å²) in [4.78, 5) is 14.4. The van der Waals surface area contributed by atoms with Crippen molar-refractivity contribution in [2.45, 2.75) is 24.5 Å². The molecular weight excluding hydrogens is 492 g/mol. The molecule has 2 aromatic rings. The summed E-state index contributed by atoms with van der Waals surface area (Å²) < 4.78 is 67.1. The van der Waals surface area contributed by atoms with E-state index in [1.165, 1.54) is 35.5 Å². The molecule has 0 N–H and O–H groups in total. The van der Waals surface area contributed by atoms with E-state index in [1.54, 1.807) is 4.90 Å². The first-order valence-electron chi connectivity index (χ1n) is 9.71. The van der Waals surface area contributed by atoms with Gasteiger partial charge in [0.25, 0.3) is 0 Å². The summed E-state index contributed by atoms with van der Waals surface area (Å²) >= 11 is 11.6. The van der Waals surface area contributed by atoms with Gasteiger partial charge in [-0.25, -0.2) is 8.42 Å². The van der Waals surface area contributed by atoms with Crippen LogP contribution in [0.15, 0.2) is 29.2 Å². The summed E-state index contributed by atoms with van der Waals surface area (Å²) in [6, 6.07) is 5.93. The van der Waals surface area contributed by atoms with Crippen LogP contribution in [0.4, 0.5) is 13.2 Å². The zero-order valence-corrected chi connectivity index (χ0v) is 19.1. The van der Waals surface area contributed by atoms with E-state index in [4.69, 9.17) is 23.2 Å². The number of hydrogen-bond donors (Lipinski definition) is 0. The van der Waals surface area contributed by atoms with Crippen molar-refractivity contribution in [1.29, 1.82) is 0 Å². The number of nitrogens with zero attached hydrogens (tertiary/aromatic N) is 4. The van der Waals surface area contributed by atoms with Crippen LogP contribution in [0.2, 0.25) is 10.0 Å². The van der Waals surface area contributed by atoms with E-state index in [0.29, 0.717) is 18.1 Å². The van der Waals surface area contributed by atoms with Gasteiger partial charge in [-0.2, -0.15) is 22.6 Å². The van der Waals surface area contributed by atoms with Crippen LogP contribution in [0.25, 0.3) is 0 Å². The first kappa shape index (κ1) is 23.3. The number of halogens is 5. The lowest BCUT2D eigenvalue weighted by Gasteiger charge is -2.22. The van der Waals surface area contributed by atoms with E-state index in [2.05, 4.69) is 5.10 Å². The van der Waals surface area contributed by atoms with E-state index in [-0.39, 0.29) is 48.0 Å². The third-order valence-corrected chi connectivity index (χ3v) is 8.49. The van der Waals surface area contributed by atoms with Crippen molar-refractivity contribution in [3.05, 3.63) is 45.7 Å². The highest BCUT2D eigenvalue weighted by Gasteiger charge is 2.45. The van der Waals surface area contributed by atoms with Crippen LogP contribution < -0.4 is 0 Å². The van der Waals surface area contributed by atoms with Gasteiger partial charge in [-0.1, -0.05) is 23.2 Å². The van der Waals surface area contributed by atoms with E-state index < -0.39 is 26.9 Å². The van der Waals surface area contributed by atoms with Crippen LogP contribution in [0.3, 0.4) is 0 Å². The van der Waals surface area contributed by atoms with Crippen LogP contribution in [0, 0.1) is 18.8 Å². The van der Waals surface area contributed by atoms with Crippen LogP contribution in [0.1, 0.15) is 11.4 Å². The van der Waals surface area contributed by atoms with Crippen molar-refractivity contribution in [2.24, 2.45) is 11.8 Å². The molecular formula is C19H19Cl2F3N4O3S. The molecule has 2 unspecified atom stereocenters. The van der Waals surface area contributed by atoms with Crippen LogP contribution >= 0.6 is 23.2 Å². The lowest BCUT2D eigenvalue weighted by Crippen LogP contribution is -2.37. The summed E-state index contributed by atoms with van der Waals surface area (Å²) in [5, 5.41) is 3.38. The first-order valence-corrected chi connectivity index (χ1v) is 11.9. The van der Waals surface area contributed by atoms with Gasteiger partial charge in [0.2, 0.25) is 15.9 Å². The van der Waals surface area contributed by atoms with E-state index in [9.17, 15) is 26.4 Å². The number of benzene rings is 1. The van der Waals surface area contributed by atoms with E-state index >= 15 is 0 Å². The first-order chi connectivity index (χ1) is 14.9. The smallest absolute Gasteiger partial charge is 0.340 e. The molecule has 2 saturated heterocycles. The van der Waals surface area contributed by atoms with Gasteiger partial charge in [0, 0.05) is 31.2 Å². The van der Waals surface area contributed by atoms with Crippen molar-refractivity contribution < 1.29 is 26.4 Å². The Balaban J connectivity index is 1.41. The fraction of sp³-hybridized carbons (Fsp3) is 0.474. The van der Waals surface area contributed by atoms with Gasteiger partial charge < -0.3 is 4.90 Å². The maximum Gasteiger partial charge on any atom is 0.436 e. The Morgan fingerprint density at radius 2 is 1.66 bits per heavy atom. The van der Waals surface area contributed by atoms with Gasteiger partial charge in [-0.05, 0) is 43.0 Å². The van der Waals surface area contributed by atoms with Crippen molar-refractivity contribution in [3.8, 4) is 0 Å². The summed E-state index contributed by atoms with van der Waals surface area (Å²) in [5.74, 6) is -0.481. The Bertz CT molecular complexity index is 1140. The molecule has 2 fully saturated rings. The molecule has 32 heavy (non-hydrogen) atoms. The molecule has 1 aromatic carbocycles. The second-order valence-electron chi connectivity index (χ2n) is 8.00. The van der Waals surface area contributed by atoms with E-state index in [1.807, 2.05) is 0 Å². The molecule has 2 atom stereocenters. The number of amides is 1. The van der Waals surface area contributed by atoms with Gasteiger partial charge in [-0.3, -0.25) is 9.48 Å². The Hall–Kier alpha value is -1.82. The predicted octanol–water partition coefficient (Wildman–Crippen LogP) is 3.30. The normalized spacial score (nSPS) is 21.9. The number of sulfonamides is 1. The molecule has 0 bridgehead atoms. The Labute approximate surface area is 192 Å². The number of carbonyl (C=O) groups excluding carboxylic acids is 1. The number of aromatic nitrogens is 2. The third-order valence-electron chi connectivity index (χ3n) is 5.94. The third kappa shape index (κ3) is 4.23. The molecule has 3 heterocycles. The highest BCUT2D eigenvalue weighted by Crippen LogP contribution is 2.36. The zero-order valence-electron chi connectivity index (χ0n) is 16.8. The monoisotopic (exact) mass is 510 g/mol. The van der Waals surface area contributed by atoms with Gasteiger partial charge in [0.05, 0.1) is 15.6 Å². The largest absolute Gasteiger partial charge is 0.436 e. The molecule has 0 aliphatic carbocycles. The summed E-state index contributed by atoms with van der Waals surface area (Å²) in [5.41, 5.74) is -1.15. The molecule has 0 spiro atoms. The summed E-state index contributed by atoms with van der Waals surface area (Å²) in [6.07, 6.45) is -4.71. The van der Waals surface area contributed by atoms with Crippen LogP contribution in [0.5, 0.6) is 0 Å². The minimum absolute atomic E-state index is 0.0472. The predicted molar refractivity (Wildman–Crippen MR) is 111 cm³/mol. The summed E-state index contributed by atoms with van der Waals surface area (Å²) in [6.45, 7) is 2.20. The minimum atomic E-state index is -4.71. The van der Waals surface area contributed by atoms with Crippen molar-refractivity contribution in [2.75, 3.05) is 26.2 Å². The molecule has 2 aliphatic rings.